The SMILES string of the molecule is Cc1ccc(C)c(NC2=C(c3ccc(C)c(C)c3)C(=O)N(Cc3ccc(F)cc3)C2=O)c1. The molecule has 0 aliphatic carbocycles. The summed E-state index contributed by atoms with van der Waals surface area (Å²) in [7, 11) is 0. The molecule has 3 aromatic rings. The predicted octanol–water partition coefficient (Wildman–Crippen LogP) is 5.45. The second-order valence-electron chi connectivity index (χ2n) is 8.32. The maximum atomic E-state index is 13.5. The number of hydrogen-bond donors (Lipinski definition) is 1. The van der Waals surface area contributed by atoms with Crippen LogP contribution in [0.2, 0.25) is 0 Å². The molecule has 0 saturated carbocycles. The number of imide groups is 1. The van der Waals surface area contributed by atoms with Crippen molar-refractivity contribution in [2.24, 2.45) is 0 Å². The van der Waals surface area contributed by atoms with Gasteiger partial charge in [0.25, 0.3) is 11.8 Å². The molecule has 0 spiro atoms. The van der Waals surface area contributed by atoms with E-state index >= 15 is 0 Å². The Morgan fingerprint density at radius 2 is 1.47 bits per heavy atom. The Morgan fingerprint density at radius 1 is 0.781 bits per heavy atom. The number of carbonyl (C=O) groups excluding carboxylic acids is 2. The highest BCUT2D eigenvalue weighted by Gasteiger charge is 2.39. The molecule has 4 nitrogen and oxygen atoms in total. The zero-order chi connectivity index (χ0) is 23.0. The highest BCUT2D eigenvalue weighted by molar-refractivity contribution is 6.36. The summed E-state index contributed by atoms with van der Waals surface area (Å²) in [5, 5.41) is 3.25. The molecule has 162 valence electrons. The first kappa shape index (κ1) is 21.5. The van der Waals surface area contributed by atoms with Crippen molar-refractivity contribution in [2.45, 2.75) is 34.2 Å². The van der Waals surface area contributed by atoms with Gasteiger partial charge < -0.3 is 5.32 Å². The summed E-state index contributed by atoms with van der Waals surface area (Å²) >= 11 is 0. The lowest BCUT2D eigenvalue weighted by Gasteiger charge is -2.16. The molecule has 1 aliphatic heterocycles. The van der Waals surface area contributed by atoms with Gasteiger partial charge in [-0.05, 0) is 79.3 Å². The molecule has 2 amide bonds. The monoisotopic (exact) mass is 428 g/mol. The zero-order valence-electron chi connectivity index (χ0n) is 18.6. The summed E-state index contributed by atoms with van der Waals surface area (Å²) in [6.07, 6.45) is 0. The van der Waals surface area contributed by atoms with E-state index in [1.807, 2.05) is 64.1 Å². The fraction of sp³-hybridized carbons (Fsp3) is 0.185. The van der Waals surface area contributed by atoms with Crippen LogP contribution in [0.25, 0.3) is 5.57 Å². The smallest absolute Gasteiger partial charge is 0.278 e. The summed E-state index contributed by atoms with van der Waals surface area (Å²) in [6, 6.07) is 17.5. The summed E-state index contributed by atoms with van der Waals surface area (Å²) < 4.78 is 13.3. The highest BCUT2D eigenvalue weighted by atomic mass is 19.1. The van der Waals surface area contributed by atoms with Gasteiger partial charge in [0.15, 0.2) is 0 Å². The fourth-order valence-corrected chi connectivity index (χ4v) is 3.78. The second-order valence-corrected chi connectivity index (χ2v) is 8.32. The summed E-state index contributed by atoms with van der Waals surface area (Å²) in [6.45, 7) is 7.99. The molecular weight excluding hydrogens is 403 g/mol. The molecule has 0 aromatic heterocycles. The highest BCUT2D eigenvalue weighted by Crippen LogP contribution is 2.33. The molecule has 5 heteroatoms. The van der Waals surface area contributed by atoms with Crippen LogP contribution in [0.5, 0.6) is 0 Å². The van der Waals surface area contributed by atoms with E-state index in [9.17, 15) is 14.0 Å². The van der Waals surface area contributed by atoms with Crippen LogP contribution >= 0.6 is 0 Å². The number of carbonyl (C=O) groups is 2. The van der Waals surface area contributed by atoms with Crippen molar-refractivity contribution in [3.8, 4) is 0 Å². The number of nitrogens with zero attached hydrogens (tertiary/aromatic N) is 1. The van der Waals surface area contributed by atoms with Gasteiger partial charge in [-0.2, -0.15) is 0 Å². The Balaban J connectivity index is 1.78. The topological polar surface area (TPSA) is 49.4 Å². The summed E-state index contributed by atoms with van der Waals surface area (Å²) in [4.78, 5) is 28.1. The van der Waals surface area contributed by atoms with Gasteiger partial charge in [-0.15, -0.1) is 0 Å². The molecule has 1 aliphatic rings. The minimum absolute atomic E-state index is 0.0737. The molecule has 0 radical (unpaired) electrons. The van der Waals surface area contributed by atoms with Gasteiger partial charge in [-0.1, -0.05) is 42.5 Å². The third-order valence-corrected chi connectivity index (χ3v) is 5.87. The number of anilines is 1. The minimum Gasteiger partial charge on any atom is -0.350 e. The molecule has 0 saturated heterocycles. The first-order valence-corrected chi connectivity index (χ1v) is 10.5. The third kappa shape index (κ3) is 4.06. The quantitative estimate of drug-likeness (QED) is 0.550. The molecule has 32 heavy (non-hydrogen) atoms. The van der Waals surface area contributed by atoms with Crippen molar-refractivity contribution in [1.29, 1.82) is 0 Å². The van der Waals surface area contributed by atoms with Crippen molar-refractivity contribution in [1.82, 2.24) is 4.90 Å². The average Bonchev–Trinajstić information content (AvgIpc) is 2.98. The van der Waals surface area contributed by atoms with Crippen molar-refractivity contribution >= 4 is 23.1 Å². The summed E-state index contributed by atoms with van der Waals surface area (Å²) in [5.74, 6) is -1.12. The Morgan fingerprint density at radius 3 is 2.16 bits per heavy atom. The van der Waals surface area contributed by atoms with Crippen LogP contribution in [0.15, 0.2) is 66.4 Å². The molecular formula is C27H25FN2O2. The van der Waals surface area contributed by atoms with Gasteiger partial charge in [-0.3, -0.25) is 14.5 Å². The Hall–Kier alpha value is -3.73. The first-order chi connectivity index (χ1) is 15.2. The van der Waals surface area contributed by atoms with Crippen LogP contribution in [0.1, 0.15) is 33.4 Å². The van der Waals surface area contributed by atoms with E-state index in [1.165, 1.54) is 17.0 Å². The van der Waals surface area contributed by atoms with E-state index in [4.69, 9.17) is 0 Å². The van der Waals surface area contributed by atoms with E-state index in [2.05, 4.69) is 5.32 Å². The average molecular weight is 429 g/mol. The fourth-order valence-electron chi connectivity index (χ4n) is 3.78. The molecule has 0 fully saturated rings. The Bertz CT molecular complexity index is 1260. The Labute approximate surface area is 187 Å². The van der Waals surface area contributed by atoms with E-state index in [1.54, 1.807) is 12.1 Å². The van der Waals surface area contributed by atoms with E-state index < -0.39 is 5.91 Å². The number of nitrogens with one attached hydrogen (secondary N) is 1. The van der Waals surface area contributed by atoms with Crippen molar-refractivity contribution in [3.63, 3.8) is 0 Å². The van der Waals surface area contributed by atoms with Crippen LogP contribution in [-0.2, 0) is 16.1 Å². The largest absolute Gasteiger partial charge is 0.350 e. The van der Waals surface area contributed by atoms with Crippen LogP contribution in [0.3, 0.4) is 0 Å². The van der Waals surface area contributed by atoms with Crippen molar-refractivity contribution in [3.05, 3.63) is 106 Å². The van der Waals surface area contributed by atoms with Crippen molar-refractivity contribution in [2.75, 3.05) is 5.32 Å². The van der Waals surface area contributed by atoms with Crippen LogP contribution in [-0.4, -0.2) is 16.7 Å². The lowest BCUT2D eigenvalue weighted by atomic mass is 9.99. The minimum atomic E-state index is -0.395. The first-order valence-electron chi connectivity index (χ1n) is 10.5. The van der Waals surface area contributed by atoms with Crippen molar-refractivity contribution < 1.29 is 14.0 Å². The van der Waals surface area contributed by atoms with E-state index in [0.29, 0.717) is 16.7 Å². The molecule has 4 rings (SSSR count). The number of hydrogen-bond acceptors (Lipinski definition) is 3. The number of benzene rings is 3. The number of halogens is 1. The third-order valence-electron chi connectivity index (χ3n) is 5.87. The number of aryl methyl sites for hydroxylation is 4. The molecule has 0 bridgehead atoms. The van der Waals surface area contributed by atoms with E-state index in [0.717, 1.165) is 27.9 Å². The molecule has 1 N–H and O–H groups in total. The van der Waals surface area contributed by atoms with Gasteiger partial charge >= 0.3 is 0 Å². The second kappa shape index (κ2) is 8.42. The maximum Gasteiger partial charge on any atom is 0.278 e. The van der Waals surface area contributed by atoms with Crippen LogP contribution < -0.4 is 5.32 Å². The van der Waals surface area contributed by atoms with Gasteiger partial charge in [0.05, 0.1) is 12.1 Å². The van der Waals surface area contributed by atoms with Gasteiger partial charge in [0.1, 0.15) is 11.5 Å². The maximum absolute atomic E-state index is 13.5. The molecule has 0 atom stereocenters. The lowest BCUT2D eigenvalue weighted by Crippen LogP contribution is -2.32. The van der Waals surface area contributed by atoms with Gasteiger partial charge in [0, 0.05) is 5.69 Å². The summed E-state index contributed by atoms with van der Waals surface area (Å²) in [5.41, 5.74) is 6.94. The van der Waals surface area contributed by atoms with Crippen LogP contribution in [0.4, 0.5) is 10.1 Å². The van der Waals surface area contributed by atoms with Gasteiger partial charge in [0.2, 0.25) is 0 Å². The molecule has 0 unspecified atom stereocenters. The molecule has 3 aromatic carbocycles. The standard InChI is InChI=1S/C27H25FN2O2/c1-16-5-6-18(3)23(13-16)29-25-24(21-10-7-17(2)19(4)14-21)26(31)30(27(25)32)15-20-8-11-22(28)12-9-20/h5-14,29H,15H2,1-4H3. The predicted molar refractivity (Wildman–Crippen MR) is 124 cm³/mol. The molecule has 1 heterocycles. The normalized spacial score (nSPS) is 13.8. The van der Waals surface area contributed by atoms with Gasteiger partial charge in [-0.25, -0.2) is 4.39 Å². The number of rotatable bonds is 5. The van der Waals surface area contributed by atoms with E-state index in [-0.39, 0.29) is 24.0 Å². The Kier molecular flexibility index (Phi) is 5.66. The van der Waals surface area contributed by atoms with Crippen LogP contribution in [0, 0.1) is 33.5 Å². The number of amides is 2. The zero-order valence-corrected chi connectivity index (χ0v) is 18.6. The lowest BCUT2D eigenvalue weighted by molar-refractivity contribution is -0.137.